The van der Waals surface area contributed by atoms with Crippen LogP contribution in [-0.4, -0.2) is 23.1 Å². The monoisotopic (exact) mass is 443 g/mol. The smallest absolute Gasteiger partial charge is 0.249 e. The third kappa shape index (κ3) is 6.04. The fourth-order valence-electron chi connectivity index (χ4n) is 1.75. The van der Waals surface area contributed by atoms with Crippen LogP contribution >= 0.6 is 39.1 Å². The molecule has 2 amide bonds. The van der Waals surface area contributed by atoms with Crippen molar-refractivity contribution in [2.45, 2.75) is 6.42 Å². The minimum atomic E-state index is -0.577. The Kier molecular flexibility index (Phi) is 6.81. The number of rotatable bonds is 5. The van der Waals surface area contributed by atoms with Gasteiger partial charge >= 0.3 is 0 Å². The van der Waals surface area contributed by atoms with E-state index in [1.165, 1.54) is 18.3 Å². The lowest BCUT2D eigenvalue weighted by atomic mass is 10.2. The third-order valence-corrected chi connectivity index (χ3v) is 4.27. The van der Waals surface area contributed by atoms with Gasteiger partial charge in [0, 0.05) is 5.69 Å². The van der Waals surface area contributed by atoms with E-state index in [9.17, 15) is 14.7 Å². The Morgan fingerprint density at radius 3 is 2.56 bits per heavy atom. The third-order valence-electron chi connectivity index (χ3n) is 2.90. The summed E-state index contributed by atoms with van der Waals surface area (Å²) in [6, 6.07) is 9.33. The van der Waals surface area contributed by atoms with E-state index < -0.39 is 18.2 Å². The molecule has 0 aliphatic heterocycles. The summed E-state index contributed by atoms with van der Waals surface area (Å²) in [7, 11) is 0. The maximum absolute atomic E-state index is 11.8. The Bertz CT molecular complexity index is 843. The van der Waals surface area contributed by atoms with E-state index in [-0.39, 0.29) is 5.75 Å². The first-order chi connectivity index (χ1) is 11.8. The summed E-state index contributed by atoms with van der Waals surface area (Å²) in [5, 5.41) is 16.3. The number of hydrogen-bond donors (Lipinski definition) is 3. The molecule has 3 N–H and O–H groups in total. The van der Waals surface area contributed by atoms with Gasteiger partial charge < -0.3 is 10.4 Å². The molecule has 2 aromatic rings. The number of aromatic hydroxyl groups is 1. The number of anilines is 1. The van der Waals surface area contributed by atoms with Crippen LogP contribution in [0.4, 0.5) is 5.69 Å². The van der Waals surface area contributed by atoms with E-state index in [1.807, 2.05) is 0 Å². The minimum Gasteiger partial charge on any atom is -0.507 e. The lowest BCUT2D eigenvalue weighted by Crippen LogP contribution is -2.24. The summed E-state index contributed by atoms with van der Waals surface area (Å²) in [4.78, 5) is 23.5. The largest absolute Gasteiger partial charge is 0.507 e. The molecular weight excluding hydrogens is 433 g/mol. The maximum Gasteiger partial charge on any atom is 0.249 e. The summed E-state index contributed by atoms with van der Waals surface area (Å²) >= 11 is 14.8. The average molecular weight is 445 g/mol. The van der Waals surface area contributed by atoms with E-state index in [1.54, 1.807) is 24.3 Å². The molecule has 2 aromatic carbocycles. The van der Waals surface area contributed by atoms with Gasteiger partial charge in [0.25, 0.3) is 0 Å². The second-order valence-corrected chi connectivity index (χ2v) is 6.53. The number of carbonyl (C=O) groups is 2. The number of amides is 2. The summed E-state index contributed by atoms with van der Waals surface area (Å²) in [5.74, 6) is -0.995. The molecule has 0 aliphatic carbocycles. The van der Waals surface area contributed by atoms with Crippen LogP contribution in [0.5, 0.6) is 5.75 Å². The summed E-state index contributed by atoms with van der Waals surface area (Å²) in [6.07, 6.45) is 0.982. The van der Waals surface area contributed by atoms with Gasteiger partial charge in [-0.15, -0.1) is 0 Å². The molecule has 0 spiro atoms. The van der Waals surface area contributed by atoms with Crippen molar-refractivity contribution in [3.05, 3.63) is 56.5 Å². The fourth-order valence-corrected chi connectivity index (χ4v) is 2.44. The van der Waals surface area contributed by atoms with Gasteiger partial charge in [0.2, 0.25) is 11.8 Å². The van der Waals surface area contributed by atoms with Crippen molar-refractivity contribution in [3.63, 3.8) is 0 Å². The summed E-state index contributed by atoms with van der Waals surface area (Å²) in [6.45, 7) is 0. The second-order valence-electron chi connectivity index (χ2n) is 4.86. The van der Waals surface area contributed by atoms with Gasteiger partial charge in [0.05, 0.1) is 20.7 Å². The number of carbonyl (C=O) groups excluding carboxylic acids is 2. The number of phenolic OH excluding ortho intramolecular Hbond substituents is 1. The molecule has 0 saturated heterocycles. The van der Waals surface area contributed by atoms with E-state index in [0.717, 1.165) is 0 Å². The Labute approximate surface area is 162 Å². The Morgan fingerprint density at radius 2 is 1.88 bits per heavy atom. The number of benzene rings is 2. The van der Waals surface area contributed by atoms with Gasteiger partial charge in [-0.25, -0.2) is 5.43 Å². The Morgan fingerprint density at radius 1 is 1.12 bits per heavy atom. The highest BCUT2D eigenvalue weighted by Crippen LogP contribution is 2.25. The van der Waals surface area contributed by atoms with Gasteiger partial charge in [-0.2, -0.15) is 5.10 Å². The first-order valence-electron chi connectivity index (χ1n) is 6.90. The van der Waals surface area contributed by atoms with Crippen molar-refractivity contribution < 1.29 is 14.7 Å². The topological polar surface area (TPSA) is 90.8 Å². The van der Waals surface area contributed by atoms with Crippen molar-refractivity contribution in [2.24, 2.45) is 5.10 Å². The highest BCUT2D eigenvalue weighted by molar-refractivity contribution is 9.10. The van der Waals surface area contributed by atoms with Crippen LogP contribution in [0, 0.1) is 0 Å². The zero-order chi connectivity index (χ0) is 18.4. The molecule has 0 heterocycles. The van der Waals surface area contributed by atoms with Crippen molar-refractivity contribution in [2.75, 3.05) is 5.32 Å². The van der Waals surface area contributed by atoms with E-state index in [2.05, 4.69) is 31.8 Å². The van der Waals surface area contributed by atoms with Crippen LogP contribution in [0.2, 0.25) is 10.0 Å². The van der Waals surface area contributed by atoms with Crippen molar-refractivity contribution in [1.29, 1.82) is 0 Å². The van der Waals surface area contributed by atoms with Gasteiger partial charge in [-0.3, -0.25) is 9.59 Å². The second kappa shape index (κ2) is 8.84. The number of nitrogens with zero attached hydrogens (tertiary/aromatic N) is 1. The fraction of sp³-hybridized carbons (Fsp3) is 0.0625. The quantitative estimate of drug-likeness (QED) is 0.370. The summed E-state index contributed by atoms with van der Waals surface area (Å²) in [5.41, 5.74) is 3.34. The normalized spacial score (nSPS) is 10.7. The molecule has 25 heavy (non-hydrogen) atoms. The average Bonchev–Trinajstić information content (AvgIpc) is 2.54. The predicted octanol–water partition coefficient (Wildman–Crippen LogP) is 3.94. The molecule has 0 aliphatic rings. The molecule has 130 valence electrons. The zero-order valence-corrected chi connectivity index (χ0v) is 15.7. The maximum atomic E-state index is 11.8. The highest BCUT2D eigenvalue weighted by Gasteiger charge is 2.10. The number of phenols is 1. The Hall–Kier alpha value is -2.09. The number of hydrazone groups is 1. The van der Waals surface area contributed by atoms with E-state index in [0.29, 0.717) is 25.8 Å². The van der Waals surface area contributed by atoms with E-state index >= 15 is 0 Å². The van der Waals surface area contributed by atoms with Gasteiger partial charge in [0.15, 0.2) is 0 Å². The number of nitrogens with one attached hydrogen (secondary N) is 2. The predicted molar refractivity (Wildman–Crippen MR) is 101 cm³/mol. The SMILES string of the molecule is O=C(CC(=O)Nc1ccc(Cl)c(Cl)c1)N/N=C/c1ccc(O)c(Br)c1. The minimum absolute atomic E-state index is 0.0974. The molecule has 0 unspecified atom stereocenters. The molecule has 6 nitrogen and oxygen atoms in total. The lowest BCUT2D eigenvalue weighted by Gasteiger charge is -2.05. The first-order valence-corrected chi connectivity index (χ1v) is 8.45. The number of hydrogen-bond acceptors (Lipinski definition) is 4. The van der Waals surface area contributed by atoms with Crippen LogP contribution in [0.25, 0.3) is 0 Å². The van der Waals surface area contributed by atoms with Crippen LogP contribution in [0.3, 0.4) is 0 Å². The molecule has 0 aromatic heterocycles. The van der Waals surface area contributed by atoms with Crippen LogP contribution in [-0.2, 0) is 9.59 Å². The standard InChI is InChI=1S/C16H12BrCl2N3O3/c17-11-5-9(1-4-14(11)23)8-20-22-16(25)7-15(24)21-10-2-3-12(18)13(19)6-10/h1-6,8,23H,7H2,(H,21,24)(H,22,25)/b20-8+. The molecule has 0 saturated carbocycles. The molecular formula is C16H12BrCl2N3O3. The molecule has 2 rings (SSSR count). The van der Waals surface area contributed by atoms with Gasteiger partial charge in [-0.05, 0) is 57.9 Å². The highest BCUT2D eigenvalue weighted by atomic mass is 79.9. The van der Waals surface area contributed by atoms with Crippen molar-refractivity contribution in [1.82, 2.24) is 5.43 Å². The molecule has 0 bridgehead atoms. The number of halogens is 3. The van der Waals surface area contributed by atoms with Crippen LogP contribution in [0.15, 0.2) is 46.0 Å². The van der Waals surface area contributed by atoms with Gasteiger partial charge in [-0.1, -0.05) is 23.2 Å². The molecule has 9 heteroatoms. The summed E-state index contributed by atoms with van der Waals surface area (Å²) < 4.78 is 0.503. The molecule has 0 radical (unpaired) electrons. The van der Waals surface area contributed by atoms with Crippen molar-refractivity contribution in [3.8, 4) is 5.75 Å². The van der Waals surface area contributed by atoms with Crippen LogP contribution in [0.1, 0.15) is 12.0 Å². The zero-order valence-electron chi connectivity index (χ0n) is 12.6. The van der Waals surface area contributed by atoms with Crippen molar-refractivity contribution >= 4 is 62.8 Å². The first kappa shape index (κ1) is 19.2. The van der Waals surface area contributed by atoms with E-state index in [4.69, 9.17) is 23.2 Å². The molecule has 0 atom stereocenters. The molecule has 0 fully saturated rings. The Balaban J connectivity index is 1.84. The van der Waals surface area contributed by atoms with Gasteiger partial charge in [0.1, 0.15) is 12.2 Å². The van der Waals surface area contributed by atoms with Crippen LogP contribution < -0.4 is 10.7 Å². The lowest BCUT2D eigenvalue weighted by molar-refractivity contribution is -0.126.